The number of primary amides is 1. The standard InChI is InChI=1S/C21H16N2O3/c22-20(24)13-7-1-4-10-16(13)23-21(25)19-14-8-2-5-11-17(14)26-18-12-6-3-9-15(18)19/h1-12,19H,(H2,22,24)(H,23,25). The van der Waals surface area contributed by atoms with E-state index in [1.165, 1.54) is 0 Å². The Balaban J connectivity index is 1.76. The Morgan fingerprint density at radius 1 is 0.808 bits per heavy atom. The average Bonchev–Trinajstić information content (AvgIpc) is 2.66. The number of carbonyl (C=O) groups excluding carboxylic acids is 2. The fourth-order valence-electron chi connectivity index (χ4n) is 3.20. The lowest BCUT2D eigenvalue weighted by Crippen LogP contribution is -2.26. The average molecular weight is 344 g/mol. The molecular formula is C21H16N2O3. The summed E-state index contributed by atoms with van der Waals surface area (Å²) in [6, 6.07) is 21.6. The number of fused-ring (bicyclic) bond motifs is 2. The SMILES string of the molecule is NC(=O)c1ccccc1NC(=O)C1c2ccccc2Oc2ccccc21. The molecule has 0 fully saturated rings. The summed E-state index contributed by atoms with van der Waals surface area (Å²) >= 11 is 0. The smallest absolute Gasteiger partial charge is 0.250 e. The number of hydrogen-bond donors (Lipinski definition) is 2. The second-order valence-corrected chi connectivity index (χ2v) is 6.01. The lowest BCUT2D eigenvalue weighted by Gasteiger charge is -2.27. The van der Waals surface area contributed by atoms with Gasteiger partial charge in [0.25, 0.3) is 5.91 Å². The van der Waals surface area contributed by atoms with Gasteiger partial charge < -0.3 is 15.8 Å². The van der Waals surface area contributed by atoms with Crippen LogP contribution in [0.3, 0.4) is 0 Å². The molecule has 3 aromatic carbocycles. The summed E-state index contributed by atoms with van der Waals surface area (Å²) < 4.78 is 5.92. The van der Waals surface area contributed by atoms with E-state index in [2.05, 4.69) is 5.32 Å². The highest BCUT2D eigenvalue weighted by molar-refractivity contribution is 6.05. The zero-order chi connectivity index (χ0) is 18.1. The molecule has 1 heterocycles. The number of carbonyl (C=O) groups is 2. The second-order valence-electron chi connectivity index (χ2n) is 6.01. The molecule has 128 valence electrons. The van der Waals surface area contributed by atoms with E-state index in [0.717, 1.165) is 11.1 Å². The molecule has 3 N–H and O–H groups in total. The summed E-state index contributed by atoms with van der Waals surface area (Å²) in [7, 11) is 0. The normalized spacial score (nSPS) is 12.5. The maximum absolute atomic E-state index is 13.1. The predicted octanol–water partition coefficient (Wildman–Crippen LogP) is 3.66. The van der Waals surface area contributed by atoms with Gasteiger partial charge in [-0.05, 0) is 24.3 Å². The van der Waals surface area contributed by atoms with Crippen molar-refractivity contribution < 1.29 is 14.3 Å². The molecule has 5 nitrogen and oxygen atoms in total. The van der Waals surface area contributed by atoms with E-state index in [1.807, 2.05) is 48.5 Å². The summed E-state index contributed by atoms with van der Waals surface area (Å²) in [4.78, 5) is 24.8. The van der Waals surface area contributed by atoms with Gasteiger partial charge in [-0.2, -0.15) is 0 Å². The number of hydrogen-bond acceptors (Lipinski definition) is 3. The number of amides is 2. The summed E-state index contributed by atoms with van der Waals surface area (Å²) in [5, 5.41) is 2.85. The lowest BCUT2D eigenvalue weighted by atomic mass is 9.87. The Morgan fingerprint density at radius 2 is 1.35 bits per heavy atom. The van der Waals surface area contributed by atoms with E-state index in [9.17, 15) is 9.59 Å². The van der Waals surface area contributed by atoms with Crippen LogP contribution in [-0.2, 0) is 4.79 Å². The third-order valence-corrected chi connectivity index (χ3v) is 4.39. The minimum absolute atomic E-state index is 0.248. The second kappa shape index (κ2) is 6.37. The molecule has 0 atom stereocenters. The number of ether oxygens (including phenoxy) is 1. The topological polar surface area (TPSA) is 81.4 Å². The molecular weight excluding hydrogens is 328 g/mol. The first kappa shape index (κ1) is 15.9. The van der Waals surface area contributed by atoms with Crippen molar-refractivity contribution >= 4 is 17.5 Å². The molecule has 0 bridgehead atoms. The third kappa shape index (κ3) is 2.69. The highest BCUT2D eigenvalue weighted by Crippen LogP contribution is 2.44. The summed E-state index contributed by atoms with van der Waals surface area (Å²) in [6.07, 6.45) is 0. The minimum Gasteiger partial charge on any atom is -0.457 e. The third-order valence-electron chi connectivity index (χ3n) is 4.39. The number of nitrogens with two attached hydrogens (primary N) is 1. The van der Waals surface area contributed by atoms with Crippen LogP contribution in [0.5, 0.6) is 11.5 Å². The van der Waals surface area contributed by atoms with Crippen LogP contribution in [0.25, 0.3) is 0 Å². The van der Waals surface area contributed by atoms with Gasteiger partial charge in [0.2, 0.25) is 5.91 Å². The Kier molecular flexibility index (Phi) is 3.89. The maximum Gasteiger partial charge on any atom is 0.250 e. The Labute approximate surface area is 150 Å². The van der Waals surface area contributed by atoms with Crippen LogP contribution in [0.15, 0.2) is 72.8 Å². The van der Waals surface area contributed by atoms with Gasteiger partial charge >= 0.3 is 0 Å². The highest BCUT2D eigenvalue weighted by Gasteiger charge is 2.32. The van der Waals surface area contributed by atoms with E-state index >= 15 is 0 Å². The molecule has 1 aliphatic heterocycles. The first-order chi connectivity index (χ1) is 12.6. The van der Waals surface area contributed by atoms with Gasteiger partial charge in [0.05, 0.1) is 17.2 Å². The molecule has 0 radical (unpaired) electrons. The minimum atomic E-state index is -0.589. The molecule has 0 saturated carbocycles. The molecule has 2 amide bonds. The van der Waals surface area contributed by atoms with Crippen LogP contribution < -0.4 is 15.8 Å². The van der Waals surface area contributed by atoms with Crippen molar-refractivity contribution in [3.05, 3.63) is 89.5 Å². The maximum atomic E-state index is 13.1. The van der Waals surface area contributed by atoms with Gasteiger partial charge in [-0.1, -0.05) is 48.5 Å². The molecule has 0 aromatic heterocycles. The van der Waals surface area contributed by atoms with Crippen molar-refractivity contribution in [1.29, 1.82) is 0 Å². The Hall–Kier alpha value is -3.60. The van der Waals surface area contributed by atoms with Crippen molar-refractivity contribution in [1.82, 2.24) is 0 Å². The number of rotatable bonds is 3. The Bertz CT molecular complexity index is 968. The molecule has 0 aliphatic carbocycles. The van der Waals surface area contributed by atoms with Crippen molar-refractivity contribution in [2.75, 3.05) is 5.32 Å². The lowest BCUT2D eigenvalue weighted by molar-refractivity contribution is -0.116. The summed E-state index contributed by atoms with van der Waals surface area (Å²) in [5.74, 6) is -0.0864. The van der Waals surface area contributed by atoms with Gasteiger partial charge in [-0.15, -0.1) is 0 Å². The number of benzene rings is 3. The number of nitrogens with one attached hydrogen (secondary N) is 1. The predicted molar refractivity (Wildman–Crippen MR) is 98.4 cm³/mol. The van der Waals surface area contributed by atoms with Gasteiger partial charge in [0.15, 0.2) is 0 Å². The molecule has 26 heavy (non-hydrogen) atoms. The van der Waals surface area contributed by atoms with Gasteiger partial charge in [0, 0.05) is 11.1 Å². The van der Waals surface area contributed by atoms with Crippen LogP contribution >= 0.6 is 0 Å². The summed E-state index contributed by atoms with van der Waals surface area (Å²) in [5.41, 5.74) is 7.64. The van der Waals surface area contributed by atoms with Crippen molar-refractivity contribution in [2.45, 2.75) is 5.92 Å². The fourth-order valence-corrected chi connectivity index (χ4v) is 3.20. The van der Waals surface area contributed by atoms with Gasteiger partial charge in [-0.25, -0.2) is 0 Å². The van der Waals surface area contributed by atoms with Gasteiger partial charge in [-0.3, -0.25) is 9.59 Å². The number of para-hydroxylation sites is 3. The monoisotopic (exact) mass is 344 g/mol. The molecule has 1 aliphatic rings. The summed E-state index contributed by atoms with van der Waals surface area (Å²) in [6.45, 7) is 0. The molecule has 0 saturated heterocycles. The van der Waals surface area contributed by atoms with E-state index in [-0.39, 0.29) is 11.5 Å². The van der Waals surface area contributed by atoms with E-state index in [4.69, 9.17) is 10.5 Å². The first-order valence-corrected chi connectivity index (χ1v) is 8.20. The van der Waals surface area contributed by atoms with Crippen LogP contribution in [-0.4, -0.2) is 11.8 Å². The molecule has 4 rings (SSSR count). The largest absolute Gasteiger partial charge is 0.457 e. The van der Waals surface area contributed by atoms with Crippen LogP contribution in [0.4, 0.5) is 5.69 Å². The van der Waals surface area contributed by atoms with Crippen molar-refractivity contribution in [3.8, 4) is 11.5 Å². The highest BCUT2D eigenvalue weighted by atomic mass is 16.5. The molecule has 0 spiro atoms. The zero-order valence-corrected chi connectivity index (χ0v) is 13.8. The number of anilines is 1. The van der Waals surface area contributed by atoms with E-state index < -0.39 is 11.8 Å². The van der Waals surface area contributed by atoms with Crippen molar-refractivity contribution in [2.24, 2.45) is 5.73 Å². The van der Waals surface area contributed by atoms with Crippen molar-refractivity contribution in [3.63, 3.8) is 0 Å². The Morgan fingerprint density at radius 3 is 1.96 bits per heavy atom. The van der Waals surface area contributed by atoms with E-state index in [1.54, 1.807) is 24.3 Å². The van der Waals surface area contributed by atoms with Gasteiger partial charge in [0.1, 0.15) is 11.5 Å². The molecule has 0 unspecified atom stereocenters. The fraction of sp³-hybridized carbons (Fsp3) is 0.0476. The van der Waals surface area contributed by atoms with Crippen LogP contribution in [0, 0.1) is 0 Å². The van der Waals surface area contributed by atoms with E-state index in [0.29, 0.717) is 17.2 Å². The first-order valence-electron chi connectivity index (χ1n) is 8.20. The quantitative estimate of drug-likeness (QED) is 0.761. The molecule has 5 heteroatoms. The molecule has 3 aromatic rings. The zero-order valence-electron chi connectivity index (χ0n) is 13.8. The van der Waals surface area contributed by atoms with Crippen LogP contribution in [0.2, 0.25) is 0 Å². The van der Waals surface area contributed by atoms with Crippen LogP contribution in [0.1, 0.15) is 27.4 Å².